The van der Waals surface area contributed by atoms with Gasteiger partial charge in [-0.2, -0.15) is 0 Å². The average molecular weight is 411 g/mol. The molecule has 10 heteroatoms. The summed E-state index contributed by atoms with van der Waals surface area (Å²) in [5.74, 6) is -0.460. The van der Waals surface area contributed by atoms with Crippen LogP contribution in [0.3, 0.4) is 0 Å². The summed E-state index contributed by atoms with van der Waals surface area (Å²) in [6.45, 7) is 4.93. The van der Waals surface area contributed by atoms with Crippen LogP contribution in [0.5, 0.6) is 5.75 Å². The van der Waals surface area contributed by atoms with Crippen LogP contribution < -0.4 is 9.64 Å². The molecule has 1 aromatic carbocycles. The molecular weight excluding hydrogens is 386 g/mol. The van der Waals surface area contributed by atoms with Crippen molar-refractivity contribution in [2.75, 3.05) is 38.7 Å². The summed E-state index contributed by atoms with van der Waals surface area (Å²) in [7, 11) is -0.952. The number of urea groups is 1. The van der Waals surface area contributed by atoms with Gasteiger partial charge in [0.05, 0.1) is 10.6 Å². The highest BCUT2D eigenvalue weighted by Crippen LogP contribution is 2.34. The van der Waals surface area contributed by atoms with Gasteiger partial charge in [-0.25, -0.2) is 17.5 Å². The van der Waals surface area contributed by atoms with E-state index in [-0.39, 0.29) is 53.6 Å². The minimum atomic E-state index is -3.74. The largest absolute Gasteiger partial charge is 0.484 e. The molecule has 0 bridgehead atoms. The molecule has 0 aliphatic carbocycles. The van der Waals surface area contributed by atoms with Gasteiger partial charge in [0.1, 0.15) is 18.9 Å². The van der Waals surface area contributed by atoms with Crippen LogP contribution in [0.1, 0.15) is 20.8 Å². The Balaban J connectivity index is 2.47. The van der Waals surface area contributed by atoms with Crippen molar-refractivity contribution in [3.63, 3.8) is 0 Å². The van der Waals surface area contributed by atoms with Gasteiger partial charge in [-0.05, 0) is 25.0 Å². The van der Waals surface area contributed by atoms with E-state index in [4.69, 9.17) is 4.74 Å². The van der Waals surface area contributed by atoms with E-state index < -0.39 is 16.1 Å². The molecule has 1 aliphatic rings. The third-order valence-corrected chi connectivity index (χ3v) is 5.85. The molecule has 0 N–H and O–H groups in total. The van der Waals surface area contributed by atoms with E-state index in [0.29, 0.717) is 0 Å². The Hall–Kier alpha value is -2.46. The lowest BCUT2D eigenvalue weighted by molar-refractivity contribution is -0.125. The van der Waals surface area contributed by atoms with E-state index in [0.717, 1.165) is 9.21 Å². The van der Waals surface area contributed by atoms with Crippen molar-refractivity contribution in [3.05, 3.63) is 18.2 Å². The third-order valence-electron chi connectivity index (χ3n) is 4.04. The number of ether oxygens (including phenoxy) is 1. The van der Waals surface area contributed by atoms with E-state index in [1.54, 1.807) is 0 Å². The number of hydrogen-bond acceptors (Lipinski definition) is 6. The van der Waals surface area contributed by atoms with E-state index in [2.05, 4.69) is 0 Å². The molecule has 9 nitrogen and oxygen atoms in total. The number of amides is 3. The van der Waals surface area contributed by atoms with Crippen molar-refractivity contribution < 1.29 is 27.5 Å². The fourth-order valence-electron chi connectivity index (χ4n) is 2.66. The van der Waals surface area contributed by atoms with Gasteiger partial charge in [0.15, 0.2) is 5.78 Å². The highest BCUT2D eigenvalue weighted by molar-refractivity contribution is 7.89. The summed E-state index contributed by atoms with van der Waals surface area (Å²) in [4.78, 5) is 38.7. The second kappa shape index (κ2) is 8.27. The lowest BCUT2D eigenvalue weighted by Gasteiger charge is -2.21. The first kappa shape index (κ1) is 21.8. The van der Waals surface area contributed by atoms with E-state index in [1.165, 1.54) is 44.1 Å². The number of imide groups is 1. The predicted octanol–water partition coefficient (Wildman–Crippen LogP) is 1.33. The molecule has 1 aromatic rings. The van der Waals surface area contributed by atoms with E-state index in [9.17, 15) is 22.8 Å². The predicted molar refractivity (Wildman–Crippen MR) is 103 cm³/mol. The first-order valence-corrected chi connectivity index (χ1v) is 10.2. The molecule has 0 saturated carbocycles. The maximum Gasteiger partial charge on any atom is 0.331 e. The number of ketones is 1. The zero-order valence-corrected chi connectivity index (χ0v) is 17.4. The average Bonchev–Trinajstić information content (AvgIpc) is 2.87. The standard InChI is InChI=1S/C18H25N3O6S/c1-12(2)9-21-17(23)10-20(18(21)24)15-7-6-14(28(25,26)19(4)5)8-16(15)27-11-13(3)22/h6-8,12H,9-11H2,1-5H3. The number of anilines is 1. The number of hydrogen-bond donors (Lipinski definition) is 0. The quantitative estimate of drug-likeness (QED) is 0.598. The summed E-state index contributed by atoms with van der Waals surface area (Å²) in [6, 6.07) is 3.51. The second-order valence-corrected chi connectivity index (χ2v) is 9.33. The molecule has 0 atom stereocenters. The Labute approximate surface area is 164 Å². The van der Waals surface area contributed by atoms with Crippen LogP contribution in [-0.2, 0) is 19.6 Å². The molecule has 1 saturated heterocycles. The highest BCUT2D eigenvalue weighted by atomic mass is 32.2. The van der Waals surface area contributed by atoms with Crippen LogP contribution in [0.25, 0.3) is 0 Å². The van der Waals surface area contributed by atoms with Crippen molar-refractivity contribution in [1.29, 1.82) is 0 Å². The van der Waals surface area contributed by atoms with Crippen molar-refractivity contribution in [2.45, 2.75) is 25.7 Å². The fourth-order valence-corrected chi connectivity index (χ4v) is 3.58. The Morgan fingerprint density at radius 2 is 1.89 bits per heavy atom. The molecule has 3 amide bonds. The van der Waals surface area contributed by atoms with Gasteiger partial charge in [-0.3, -0.25) is 19.4 Å². The normalized spacial score (nSPS) is 15.1. The molecule has 1 fully saturated rings. The van der Waals surface area contributed by atoms with Crippen LogP contribution in [0, 0.1) is 5.92 Å². The fraction of sp³-hybridized carbons (Fsp3) is 0.500. The van der Waals surface area contributed by atoms with Gasteiger partial charge in [0.2, 0.25) is 10.0 Å². The third kappa shape index (κ3) is 4.50. The summed E-state index contributed by atoms with van der Waals surface area (Å²) in [6.07, 6.45) is 0. The van der Waals surface area contributed by atoms with Gasteiger partial charge in [-0.1, -0.05) is 13.8 Å². The van der Waals surface area contributed by atoms with Gasteiger partial charge >= 0.3 is 6.03 Å². The molecule has 1 heterocycles. The van der Waals surface area contributed by atoms with Crippen LogP contribution in [0.2, 0.25) is 0 Å². The maximum absolute atomic E-state index is 12.7. The molecule has 28 heavy (non-hydrogen) atoms. The Morgan fingerprint density at radius 3 is 2.43 bits per heavy atom. The Bertz CT molecular complexity index is 895. The zero-order valence-electron chi connectivity index (χ0n) is 16.6. The van der Waals surface area contributed by atoms with Crippen LogP contribution in [0.4, 0.5) is 10.5 Å². The molecular formula is C18H25N3O6S. The molecule has 0 unspecified atom stereocenters. The molecule has 0 radical (unpaired) electrons. The van der Waals surface area contributed by atoms with Crippen molar-refractivity contribution >= 4 is 33.4 Å². The summed E-state index contributed by atoms with van der Waals surface area (Å²) in [5, 5.41) is 0. The number of carbonyl (C=O) groups excluding carboxylic acids is 3. The minimum absolute atomic E-state index is 0.0446. The number of benzene rings is 1. The first-order chi connectivity index (χ1) is 12.9. The summed E-state index contributed by atoms with van der Waals surface area (Å²) in [5.41, 5.74) is 0.239. The van der Waals surface area contributed by atoms with Gasteiger partial charge in [0.25, 0.3) is 5.91 Å². The maximum atomic E-state index is 12.7. The monoisotopic (exact) mass is 411 g/mol. The number of rotatable bonds is 8. The summed E-state index contributed by atoms with van der Waals surface area (Å²) < 4.78 is 31.3. The number of carbonyl (C=O) groups is 3. The lowest BCUT2D eigenvalue weighted by Crippen LogP contribution is -2.35. The Morgan fingerprint density at radius 1 is 1.25 bits per heavy atom. The molecule has 0 aromatic heterocycles. The SMILES string of the molecule is CC(=O)COc1cc(S(=O)(=O)N(C)C)ccc1N1CC(=O)N(CC(C)C)C1=O. The van der Waals surface area contributed by atoms with Crippen molar-refractivity contribution in [3.8, 4) is 5.75 Å². The zero-order chi connectivity index (χ0) is 21.2. The molecule has 0 spiro atoms. The molecule has 154 valence electrons. The first-order valence-electron chi connectivity index (χ1n) is 8.75. The minimum Gasteiger partial charge on any atom is -0.484 e. The van der Waals surface area contributed by atoms with Crippen LogP contribution in [-0.4, -0.2) is 69.1 Å². The smallest absolute Gasteiger partial charge is 0.331 e. The van der Waals surface area contributed by atoms with Crippen LogP contribution >= 0.6 is 0 Å². The summed E-state index contributed by atoms with van der Waals surface area (Å²) >= 11 is 0. The number of sulfonamides is 1. The molecule has 1 aliphatic heterocycles. The van der Waals surface area contributed by atoms with E-state index >= 15 is 0 Å². The van der Waals surface area contributed by atoms with Gasteiger partial charge in [0, 0.05) is 26.7 Å². The van der Waals surface area contributed by atoms with Crippen molar-refractivity contribution in [1.82, 2.24) is 9.21 Å². The van der Waals surface area contributed by atoms with Crippen molar-refractivity contribution in [2.24, 2.45) is 5.92 Å². The van der Waals surface area contributed by atoms with Gasteiger partial charge < -0.3 is 4.74 Å². The second-order valence-electron chi connectivity index (χ2n) is 7.17. The topological polar surface area (TPSA) is 104 Å². The van der Waals surface area contributed by atoms with E-state index in [1.807, 2.05) is 13.8 Å². The Kier molecular flexibility index (Phi) is 6.45. The number of nitrogens with zero attached hydrogens (tertiary/aromatic N) is 3. The lowest BCUT2D eigenvalue weighted by atomic mass is 10.2. The van der Waals surface area contributed by atoms with Gasteiger partial charge in [-0.15, -0.1) is 0 Å². The molecule has 2 rings (SSSR count). The number of Topliss-reactive ketones (excluding diaryl/α,β-unsaturated/α-hetero) is 1. The highest BCUT2D eigenvalue weighted by Gasteiger charge is 2.38. The van der Waals surface area contributed by atoms with Crippen LogP contribution in [0.15, 0.2) is 23.1 Å².